The summed E-state index contributed by atoms with van der Waals surface area (Å²) in [5.41, 5.74) is -0.134. The fourth-order valence-electron chi connectivity index (χ4n) is 1.51. The van der Waals surface area contributed by atoms with E-state index in [4.69, 9.17) is 16.7 Å². The van der Waals surface area contributed by atoms with E-state index < -0.39 is 17.5 Å². The van der Waals surface area contributed by atoms with E-state index in [1.807, 2.05) is 0 Å². The van der Waals surface area contributed by atoms with Crippen molar-refractivity contribution in [2.24, 2.45) is 0 Å². The van der Waals surface area contributed by atoms with Crippen molar-refractivity contribution < 1.29 is 18.7 Å². The second kappa shape index (κ2) is 7.07. The van der Waals surface area contributed by atoms with Gasteiger partial charge in [0.25, 0.3) is 5.91 Å². The van der Waals surface area contributed by atoms with Gasteiger partial charge < -0.3 is 10.4 Å². The molecule has 1 aromatic carbocycles. The third-order valence-electron chi connectivity index (χ3n) is 2.65. The second-order valence-electron chi connectivity index (χ2n) is 3.97. The Kier molecular flexibility index (Phi) is 6.03. The molecular weight excluding hydrogens is 296 g/mol. The number of thioether (sulfide) groups is 1. The predicted molar refractivity (Wildman–Crippen MR) is 72.7 cm³/mol. The Balaban J connectivity index is 2.87. The van der Waals surface area contributed by atoms with Gasteiger partial charge in [0.05, 0.1) is 17.2 Å². The first-order valence-corrected chi connectivity index (χ1v) is 7.16. The van der Waals surface area contributed by atoms with Gasteiger partial charge in [0.1, 0.15) is 0 Å². The Morgan fingerprint density at radius 2 is 2.05 bits per heavy atom. The van der Waals surface area contributed by atoms with Crippen molar-refractivity contribution in [2.75, 3.05) is 12.9 Å². The van der Waals surface area contributed by atoms with Crippen LogP contribution in [0.25, 0.3) is 0 Å². The van der Waals surface area contributed by atoms with E-state index >= 15 is 0 Å². The number of halogens is 3. The van der Waals surface area contributed by atoms with Crippen molar-refractivity contribution >= 4 is 29.3 Å². The van der Waals surface area contributed by atoms with E-state index in [-0.39, 0.29) is 28.5 Å². The molecule has 2 unspecified atom stereocenters. The first-order chi connectivity index (χ1) is 8.90. The van der Waals surface area contributed by atoms with Crippen LogP contribution in [-0.4, -0.2) is 35.2 Å². The topological polar surface area (TPSA) is 49.3 Å². The molecule has 1 rings (SSSR count). The standard InChI is InChI=1S/C12H14ClF2NO2S/c1-6(11(5-17)19-2)16-12(18)7-3-9(14)10(15)4-8(7)13/h3-4,6,11,17H,5H2,1-2H3,(H,16,18). The lowest BCUT2D eigenvalue weighted by atomic mass is 10.1. The number of hydrogen-bond donors (Lipinski definition) is 2. The number of nitrogens with one attached hydrogen (secondary N) is 1. The Morgan fingerprint density at radius 1 is 1.47 bits per heavy atom. The number of aliphatic hydroxyl groups excluding tert-OH is 1. The molecule has 0 bridgehead atoms. The summed E-state index contributed by atoms with van der Waals surface area (Å²) in [5.74, 6) is -2.85. The van der Waals surface area contributed by atoms with Crippen LogP contribution in [0.4, 0.5) is 8.78 Å². The lowest BCUT2D eigenvalue weighted by Crippen LogP contribution is -2.41. The molecule has 0 aliphatic carbocycles. The highest BCUT2D eigenvalue weighted by Gasteiger charge is 2.20. The number of amides is 1. The Morgan fingerprint density at radius 3 is 2.58 bits per heavy atom. The van der Waals surface area contributed by atoms with Gasteiger partial charge in [0.2, 0.25) is 0 Å². The van der Waals surface area contributed by atoms with Gasteiger partial charge in [0.15, 0.2) is 11.6 Å². The van der Waals surface area contributed by atoms with Gasteiger partial charge in [-0.05, 0) is 25.3 Å². The van der Waals surface area contributed by atoms with Crippen LogP contribution in [-0.2, 0) is 0 Å². The number of hydrogen-bond acceptors (Lipinski definition) is 3. The quantitative estimate of drug-likeness (QED) is 0.822. The van der Waals surface area contributed by atoms with Gasteiger partial charge >= 0.3 is 0 Å². The summed E-state index contributed by atoms with van der Waals surface area (Å²) < 4.78 is 26.0. The minimum Gasteiger partial charge on any atom is -0.395 e. The molecule has 0 saturated heterocycles. The average Bonchev–Trinajstić information content (AvgIpc) is 2.35. The van der Waals surface area contributed by atoms with Crippen molar-refractivity contribution in [1.82, 2.24) is 5.32 Å². The second-order valence-corrected chi connectivity index (χ2v) is 5.45. The Bertz CT molecular complexity index is 469. The highest BCUT2D eigenvalue weighted by atomic mass is 35.5. The molecule has 0 aliphatic heterocycles. The van der Waals surface area contributed by atoms with Gasteiger partial charge in [-0.3, -0.25) is 4.79 Å². The molecule has 0 aromatic heterocycles. The molecule has 19 heavy (non-hydrogen) atoms. The number of carbonyl (C=O) groups excluding carboxylic acids is 1. The molecule has 2 atom stereocenters. The first-order valence-electron chi connectivity index (χ1n) is 5.49. The van der Waals surface area contributed by atoms with E-state index in [9.17, 15) is 13.6 Å². The lowest BCUT2D eigenvalue weighted by molar-refractivity contribution is 0.0935. The third-order valence-corrected chi connectivity index (χ3v) is 4.13. The van der Waals surface area contributed by atoms with Crippen LogP contribution in [0, 0.1) is 11.6 Å². The average molecular weight is 310 g/mol. The maximum absolute atomic E-state index is 13.1. The van der Waals surface area contributed by atoms with Gasteiger partial charge in [0, 0.05) is 11.3 Å². The van der Waals surface area contributed by atoms with Crippen LogP contribution >= 0.6 is 23.4 Å². The molecule has 0 radical (unpaired) electrons. The van der Waals surface area contributed by atoms with Gasteiger partial charge in [-0.1, -0.05) is 11.6 Å². The normalized spacial score (nSPS) is 14.0. The fourth-order valence-corrected chi connectivity index (χ4v) is 2.37. The molecule has 2 N–H and O–H groups in total. The van der Waals surface area contributed by atoms with E-state index in [0.717, 1.165) is 12.1 Å². The zero-order chi connectivity index (χ0) is 14.6. The van der Waals surface area contributed by atoms with Gasteiger partial charge in [-0.15, -0.1) is 0 Å². The maximum Gasteiger partial charge on any atom is 0.253 e. The van der Waals surface area contributed by atoms with E-state index in [2.05, 4.69) is 5.32 Å². The minimum atomic E-state index is -1.13. The summed E-state index contributed by atoms with van der Waals surface area (Å²) in [6, 6.07) is 1.18. The van der Waals surface area contributed by atoms with Crippen LogP contribution in [0.1, 0.15) is 17.3 Å². The summed E-state index contributed by atoms with van der Waals surface area (Å²) in [6.45, 7) is 1.61. The Hall–Kier alpha value is -0.850. The zero-order valence-corrected chi connectivity index (χ0v) is 12.0. The molecule has 0 saturated carbocycles. The lowest BCUT2D eigenvalue weighted by Gasteiger charge is -2.21. The van der Waals surface area contributed by atoms with Crippen LogP contribution in [0.3, 0.4) is 0 Å². The van der Waals surface area contributed by atoms with E-state index in [0.29, 0.717) is 0 Å². The summed E-state index contributed by atoms with van der Waals surface area (Å²) in [4.78, 5) is 11.9. The van der Waals surface area contributed by atoms with Crippen LogP contribution in [0.15, 0.2) is 12.1 Å². The van der Waals surface area contributed by atoms with Crippen LogP contribution in [0.5, 0.6) is 0 Å². The van der Waals surface area contributed by atoms with Gasteiger partial charge in [-0.2, -0.15) is 11.8 Å². The van der Waals surface area contributed by atoms with Crippen molar-refractivity contribution in [3.8, 4) is 0 Å². The summed E-state index contributed by atoms with van der Waals surface area (Å²) >= 11 is 7.10. The number of aliphatic hydroxyl groups is 1. The number of rotatable bonds is 5. The van der Waals surface area contributed by atoms with Crippen molar-refractivity contribution in [3.63, 3.8) is 0 Å². The molecule has 0 fully saturated rings. The van der Waals surface area contributed by atoms with Crippen LogP contribution in [0.2, 0.25) is 5.02 Å². The summed E-state index contributed by atoms with van der Waals surface area (Å²) in [5, 5.41) is 11.4. The van der Waals surface area contributed by atoms with Crippen molar-refractivity contribution in [3.05, 3.63) is 34.4 Å². The summed E-state index contributed by atoms with van der Waals surface area (Å²) in [7, 11) is 0. The first kappa shape index (κ1) is 16.2. The Labute approximate surface area is 119 Å². The number of carbonyl (C=O) groups is 1. The van der Waals surface area contributed by atoms with E-state index in [1.54, 1.807) is 13.2 Å². The highest BCUT2D eigenvalue weighted by molar-refractivity contribution is 7.99. The number of benzene rings is 1. The molecule has 1 amide bonds. The summed E-state index contributed by atoms with van der Waals surface area (Å²) in [6.07, 6.45) is 1.80. The minimum absolute atomic E-state index is 0.103. The predicted octanol–water partition coefficient (Wildman–Crippen LogP) is 2.46. The monoisotopic (exact) mass is 309 g/mol. The molecule has 7 heteroatoms. The molecular formula is C12H14ClF2NO2S. The van der Waals surface area contributed by atoms with Gasteiger partial charge in [-0.25, -0.2) is 8.78 Å². The SMILES string of the molecule is CSC(CO)C(C)NC(=O)c1cc(F)c(F)cc1Cl. The maximum atomic E-state index is 13.1. The highest BCUT2D eigenvalue weighted by Crippen LogP contribution is 2.20. The van der Waals surface area contributed by atoms with Crippen LogP contribution < -0.4 is 5.32 Å². The molecule has 3 nitrogen and oxygen atoms in total. The largest absolute Gasteiger partial charge is 0.395 e. The fraction of sp³-hybridized carbons (Fsp3) is 0.417. The molecule has 0 heterocycles. The van der Waals surface area contributed by atoms with Crippen molar-refractivity contribution in [1.29, 1.82) is 0 Å². The van der Waals surface area contributed by atoms with Crippen molar-refractivity contribution in [2.45, 2.75) is 18.2 Å². The molecule has 1 aromatic rings. The molecule has 0 spiro atoms. The third kappa shape index (κ3) is 4.06. The zero-order valence-electron chi connectivity index (χ0n) is 10.4. The molecule has 106 valence electrons. The smallest absolute Gasteiger partial charge is 0.253 e. The van der Waals surface area contributed by atoms with E-state index in [1.165, 1.54) is 11.8 Å². The molecule has 0 aliphatic rings.